The molecule has 142 valence electrons. The number of pyridine rings is 2. The standard InChI is InChI=1S/C22H27ClN4/c1-2-3-4-12-26-13-6-7-17(15-26)19-8-5-9-20(25-19)21-14-24-22-11-10-18(23)16-27(21)22/h5,8-11,14,16-17H,2-4,6-7,12-13,15H2,1H3. The number of rotatable bonds is 6. The molecule has 0 saturated carbocycles. The lowest BCUT2D eigenvalue weighted by Crippen LogP contribution is -2.35. The number of piperidine rings is 1. The third kappa shape index (κ3) is 4.17. The molecule has 27 heavy (non-hydrogen) atoms. The first-order valence-corrected chi connectivity index (χ1v) is 10.4. The molecular weight excluding hydrogens is 356 g/mol. The zero-order valence-electron chi connectivity index (χ0n) is 15.9. The van der Waals surface area contributed by atoms with E-state index in [0.29, 0.717) is 10.9 Å². The highest BCUT2D eigenvalue weighted by Gasteiger charge is 2.22. The summed E-state index contributed by atoms with van der Waals surface area (Å²) in [6.07, 6.45) is 10.2. The third-order valence-electron chi connectivity index (χ3n) is 5.50. The molecule has 0 N–H and O–H groups in total. The highest BCUT2D eigenvalue weighted by atomic mass is 35.5. The fourth-order valence-electron chi connectivity index (χ4n) is 4.05. The van der Waals surface area contributed by atoms with Gasteiger partial charge in [0.2, 0.25) is 0 Å². The van der Waals surface area contributed by atoms with Crippen molar-refractivity contribution in [2.45, 2.75) is 44.9 Å². The smallest absolute Gasteiger partial charge is 0.137 e. The van der Waals surface area contributed by atoms with Crippen LogP contribution in [0.5, 0.6) is 0 Å². The summed E-state index contributed by atoms with van der Waals surface area (Å²) in [5.74, 6) is 0.517. The SMILES string of the molecule is CCCCCN1CCCC(c2cccc(-c3cnc4ccc(Cl)cn34)n2)C1. The molecule has 3 aromatic heterocycles. The molecule has 5 heteroatoms. The lowest BCUT2D eigenvalue weighted by molar-refractivity contribution is 0.202. The monoisotopic (exact) mass is 382 g/mol. The Morgan fingerprint density at radius 1 is 1.19 bits per heavy atom. The zero-order valence-corrected chi connectivity index (χ0v) is 16.7. The maximum Gasteiger partial charge on any atom is 0.137 e. The van der Waals surface area contributed by atoms with Crippen molar-refractivity contribution in [1.29, 1.82) is 0 Å². The van der Waals surface area contributed by atoms with Crippen molar-refractivity contribution in [3.05, 3.63) is 53.4 Å². The van der Waals surface area contributed by atoms with Crippen molar-refractivity contribution < 1.29 is 0 Å². The van der Waals surface area contributed by atoms with Crippen molar-refractivity contribution in [3.63, 3.8) is 0 Å². The van der Waals surface area contributed by atoms with Crippen molar-refractivity contribution in [3.8, 4) is 11.4 Å². The second-order valence-electron chi connectivity index (χ2n) is 7.51. The molecule has 0 aromatic carbocycles. The van der Waals surface area contributed by atoms with Crippen LogP contribution in [0.25, 0.3) is 17.0 Å². The topological polar surface area (TPSA) is 33.4 Å². The van der Waals surface area contributed by atoms with E-state index in [0.717, 1.165) is 23.6 Å². The van der Waals surface area contributed by atoms with Crippen LogP contribution in [0.1, 0.15) is 50.6 Å². The molecular formula is C22H27ClN4. The van der Waals surface area contributed by atoms with Crippen LogP contribution in [0.3, 0.4) is 0 Å². The van der Waals surface area contributed by atoms with Gasteiger partial charge in [-0.3, -0.25) is 9.38 Å². The molecule has 0 bridgehead atoms. The molecule has 4 nitrogen and oxygen atoms in total. The predicted octanol–water partition coefficient (Wildman–Crippen LogP) is 5.42. The first-order chi connectivity index (χ1) is 13.2. The van der Waals surface area contributed by atoms with Crippen molar-refractivity contribution in [1.82, 2.24) is 19.3 Å². The van der Waals surface area contributed by atoms with E-state index in [9.17, 15) is 0 Å². The average Bonchev–Trinajstić information content (AvgIpc) is 3.12. The average molecular weight is 383 g/mol. The molecule has 0 radical (unpaired) electrons. The largest absolute Gasteiger partial charge is 0.303 e. The number of likely N-dealkylation sites (tertiary alicyclic amines) is 1. The number of aromatic nitrogens is 3. The van der Waals surface area contributed by atoms with Gasteiger partial charge in [0.05, 0.1) is 22.6 Å². The molecule has 1 unspecified atom stereocenters. The first-order valence-electron chi connectivity index (χ1n) is 10.1. The Morgan fingerprint density at radius 2 is 2.11 bits per heavy atom. The number of hydrogen-bond acceptors (Lipinski definition) is 3. The third-order valence-corrected chi connectivity index (χ3v) is 5.73. The Labute approximate surface area is 166 Å². The number of unbranched alkanes of at least 4 members (excludes halogenated alkanes) is 2. The van der Waals surface area contributed by atoms with E-state index in [-0.39, 0.29) is 0 Å². The van der Waals surface area contributed by atoms with Gasteiger partial charge in [-0.05, 0) is 56.6 Å². The molecule has 0 spiro atoms. The minimum absolute atomic E-state index is 0.517. The molecule has 3 aromatic rings. The summed E-state index contributed by atoms with van der Waals surface area (Å²) in [5.41, 5.74) is 4.04. The second-order valence-corrected chi connectivity index (χ2v) is 7.95. The summed E-state index contributed by atoms with van der Waals surface area (Å²) < 4.78 is 2.02. The van der Waals surface area contributed by atoms with Gasteiger partial charge in [-0.1, -0.05) is 37.4 Å². The molecule has 0 aliphatic carbocycles. The first kappa shape index (κ1) is 18.5. The van der Waals surface area contributed by atoms with Gasteiger partial charge in [0.1, 0.15) is 5.65 Å². The van der Waals surface area contributed by atoms with Gasteiger partial charge in [-0.25, -0.2) is 4.98 Å². The molecule has 1 aliphatic heterocycles. The fraction of sp³-hybridized carbons (Fsp3) is 0.455. The quantitative estimate of drug-likeness (QED) is 0.534. The molecule has 1 aliphatic rings. The van der Waals surface area contributed by atoms with E-state index < -0.39 is 0 Å². The predicted molar refractivity (Wildman–Crippen MR) is 111 cm³/mol. The van der Waals surface area contributed by atoms with Gasteiger partial charge in [-0.15, -0.1) is 0 Å². The van der Waals surface area contributed by atoms with E-state index in [1.54, 1.807) is 0 Å². The lowest BCUT2D eigenvalue weighted by Gasteiger charge is -2.32. The van der Waals surface area contributed by atoms with Crippen molar-refractivity contribution in [2.75, 3.05) is 19.6 Å². The highest BCUT2D eigenvalue weighted by molar-refractivity contribution is 6.30. The van der Waals surface area contributed by atoms with Crippen LogP contribution >= 0.6 is 11.6 Å². The van der Waals surface area contributed by atoms with Crippen LogP contribution in [0.15, 0.2) is 42.7 Å². The number of fused-ring (bicyclic) bond motifs is 1. The minimum atomic E-state index is 0.517. The van der Waals surface area contributed by atoms with Gasteiger partial charge >= 0.3 is 0 Å². The van der Waals surface area contributed by atoms with Gasteiger partial charge in [0.25, 0.3) is 0 Å². The molecule has 1 atom stereocenters. The van der Waals surface area contributed by atoms with E-state index in [2.05, 4.69) is 35.0 Å². The summed E-state index contributed by atoms with van der Waals surface area (Å²) >= 11 is 6.18. The molecule has 4 rings (SSSR count). The number of nitrogens with zero attached hydrogens (tertiary/aromatic N) is 4. The summed E-state index contributed by atoms with van der Waals surface area (Å²) in [6, 6.07) is 10.2. The van der Waals surface area contributed by atoms with E-state index in [1.165, 1.54) is 50.9 Å². The fourth-order valence-corrected chi connectivity index (χ4v) is 4.21. The van der Waals surface area contributed by atoms with Crippen LogP contribution in [-0.2, 0) is 0 Å². The Bertz CT molecular complexity index is 904. The summed E-state index contributed by atoms with van der Waals surface area (Å²) in [7, 11) is 0. The van der Waals surface area contributed by atoms with Gasteiger partial charge < -0.3 is 4.90 Å². The van der Waals surface area contributed by atoms with Crippen LogP contribution in [0, 0.1) is 0 Å². The van der Waals surface area contributed by atoms with Crippen molar-refractivity contribution >= 4 is 17.2 Å². The van der Waals surface area contributed by atoms with Gasteiger partial charge in [0.15, 0.2) is 0 Å². The van der Waals surface area contributed by atoms with Crippen molar-refractivity contribution in [2.24, 2.45) is 0 Å². The zero-order chi connectivity index (χ0) is 18.6. The maximum absolute atomic E-state index is 6.18. The number of hydrogen-bond donors (Lipinski definition) is 0. The van der Waals surface area contributed by atoms with Crippen LogP contribution in [-0.4, -0.2) is 38.9 Å². The van der Waals surface area contributed by atoms with E-state index in [1.807, 2.05) is 28.9 Å². The molecule has 1 fully saturated rings. The molecule has 0 amide bonds. The van der Waals surface area contributed by atoms with Gasteiger partial charge in [0, 0.05) is 24.4 Å². The Hall–Kier alpha value is -1.91. The highest BCUT2D eigenvalue weighted by Crippen LogP contribution is 2.28. The van der Waals surface area contributed by atoms with Crippen LogP contribution < -0.4 is 0 Å². The summed E-state index contributed by atoms with van der Waals surface area (Å²) in [6.45, 7) is 5.84. The molecule has 1 saturated heterocycles. The Kier molecular flexibility index (Phi) is 5.74. The second kappa shape index (κ2) is 8.41. The van der Waals surface area contributed by atoms with Gasteiger partial charge in [-0.2, -0.15) is 0 Å². The van der Waals surface area contributed by atoms with Crippen LogP contribution in [0.4, 0.5) is 0 Å². The number of imidazole rings is 1. The summed E-state index contributed by atoms with van der Waals surface area (Å²) in [5, 5.41) is 0.702. The lowest BCUT2D eigenvalue weighted by atomic mass is 9.94. The normalized spacial score (nSPS) is 18.2. The minimum Gasteiger partial charge on any atom is -0.303 e. The molecule has 4 heterocycles. The van der Waals surface area contributed by atoms with Crippen LogP contribution in [0.2, 0.25) is 5.02 Å². The Balaban J connectivity index is 1.56. The Morgan fingerprint density at radius 3 is 3.00 bits per heavy atom. The van der Waals surface area contributed by atoms with E-state index in [4.69, 9.17) is 16.6 Å². The van der Waals surface area contributed by atoms with E-state index >= 15 is 0 Å². The summed E-state index contributed by atoms with van der Waals surface area (Å²) in [4.78, 5) is 12.1. The number of halogens is 1. The maximum atomic E-state index is 6.18.